The predicted octanol–water partition coefficient (Wildman–Crippen LogP) is 5.49. The van der Waals surface area contributed by atoms with Crippen LogP contribution in [0.1, 0.15) is 81.1 Å². The van der Waals surface area contributed by atoms with Gasteiger partial charge in [0.2, 0.25) is 0 Å². The van der Waals surface area contributed by atoms with Crippen molar-refractivity contribution in [3.63, 3.8) is 0 Å². The van der Waals surface area contributed by atoms with Crippen LogP contribution in [0.25, 0.3) is 0 Å². The molecule has 0 radical (unpaired) electrons. The minimum Gasteiger partial charge on any atom is -0.330 e. The highest BCUT2D eigenvalue weighted by Crippen LogP contribution is 2.32. The Morgan fingerprint density at radius 3 is 1.41 bits per heavy atom. The Labute approximate surface area is 112 Å². The first kappa shape index (κ1) is 22.2. The lowest BCUT2D eigenvalue weighted by molar-refractivity contribution is 0.228. The molecule has 1 rings (SSSR count). The van der Waals surface area contributed by atoms with Crippen molar-refractivity contribution in [3.05, 3.63) is 0 Å². The third-order valence-corrected chi connectivity index (χ3v) is 3.17. The van der Waals surface area contributed by atoms with E-state index in [1.54, 1.807) is 0 Å². The zero-order valence-corrected chi connectivity index (χ0v) is 13.8. The first-order valence-corrected chi connectivity index (χ1v) is 7.94. The highest BCUT2D eigenvalue weighted by atomic mass is 14.5. The van der Waals surface area contributed by atoms with Crippen molar-refractivity contribution in [2.45, 2.75) is 81.1 Å². The van der Waals surface area contributed by atoms with Gasteiger partial charge < -0.3 is 5.73 Å². The number of hydrogen-bond acceptors (Lipinski definition) is 1. The lowest BCUT2D eigenvalue weighted by Gasteiger charge is -2.29. The molecule has 108 valence electrons. The third-order valence-electron chi connectivity index (χ3n) is 3.17. The first-order chi connectivity index (χ1) is 8.24. The van der Waals surface area contributed by atoms with E-state index in [4.69, 9.17) is 5.73 Å². The zero-order valence-electron chi connectivity index (χ0n) is 13.8. The molecular weight excluding hydrogens is 206 g/mol. The topological polar surface area (TPSA) is 26.0 Å². The van der Waals surface area contributed by atoms with Gasteiger partial charge in [0.05, 0.1) is 0 Å². The summed E-state index contributed by atoms with van der Waals surface area (Å²) in [5.74, 6) is 2.71. The highest BCUT2D eigenvalue weighted by molar-refractivity contribution is 4.74. The minimum atomic E-state index is 0.838. The quantitative estimate of drug-likeness (QED) is 0.684. The Kier molecular flexibility index (Phi) is 23.9. The van der Waals surface area contributed by atoms with Crippen LogP contribution in [0, 0.1) is 17.8 Å². The molecule has 17 heavy (non-hydrogen) atoms. The van der Waals surface area contributed by atoms with E-state index in [0.29, 0.717) is 0 Å². The molecule has 2 N–H and O–H groups in total. The summed E-state index contributed by atoms with van der Waals surface area (Å²) in [5.41, 5.74) is 5.62. The fourth-order valence-electron chi connectivity index (χ4n) is 2.09. The summed E-state index contributed by atoms with van der Waals surface area (Å²) in [6.07, 6.45) is 5.58. The number of nitrogens with two attached hydrogens (primary N) is 1. The SMILES string of the molecule is CC.CC.CC.CC(C)C1CCC(CN)CC1. The molecule has 1 aliphatic carbocycles. The first-order valence-electron chi connectivity index (χ1n) is 7.94. The Balaban J connectivity index is -0.000000285. The monoisotopic (exact) mass is 245 g/mol. The van der Waals surface area contributed by atoms with Gasteiger partial charge >= 0.3 is 0 Å². The molecule has 0 spiro atoms. The Hall–Kier alpha value is -0.0400. The second-order valence-electron chi connectivity index (χ2n) is 4.26. The molecule has 0 atom stereocenters. The molecular formula is C16H39N. The van der Waals surface area contributed by atoms with E-state index < -0.39 is 0 Å². The van der Waals surface area contributed by atoms with Gasteiger partial charge in [0.15, 0.2) is 0 Å². The summed E-state index contributed by atoms with van der Waals surface area (Å²) in [6, 6.07) is 0. The van der Waals surface area contributed by atoms with E-state index in [1.165, 1.54) is 25.7 Å². The number of rotatable bonds is 2. The maximum Gasteiger partial charge on any atom is -0.00489 e. The van der Waals surface area contributed by atoms with E-state index in [0.717, 1.165) is 24.3 Å². The van der Waals surface area contributed by atoms with Crippen LogP contribution in [-0.4, -0.2) is 6.54 Å². The molecule has 0 saturated heterocycles. The van der Waals surface area contributed by atoms with Crippen LogP contribution >= 0.6 is 0 Å². The summed E-state index contributed by atoms with van der Waals surface area (Å²) in [7, 11) is 0. The maximum atomic E-state index is 5.62. The minimum absolute atomic E-state index is 0.838. The van der Waals surface area contributed by atoms with Crippen LogP contribution in [0.2, 0.25) is 0 Å². The summed E-state index contributed by atoms with van der Waals surface area (Å²) in [6.45, 7) is 17.6. The molecule has 1 nitrogen and oxygen atoms in total. The molecule has 0 aliphatic heterocycles. The molecule has 1 heteroatoms. The van der Waals surface area contributed by atoms with E-state index in [-0.39, 0.29) is 0 Å². The van der Waals surface area contributed by atoms with Gasteiger partial charge in [0.1, 0.15) is 0 Å². The van der Waals surface area contributed by atoms with Crippen molar-refractivity contribution in [3.8, 4) is 0 Å². The van der Waals surface area contributed by atoms with Crippen molar-refractivity contribution in [2.75, 3.05) is 6.54 Å². The fraction of sp³-hybridized carbons (Fsp3) is 1.00. The van der Waals surface area contributed by atoms with Gasteiger partial charge in [-0.3, -0.25) is 0 Å². The highest BCUT2D eigenvalue weighted by Gasteiger charge is 2.21. The summed E-state index contributed by atoms with van der Waals surface area (Å²) in [4.78, 5) is 0. The van der Waals surface area contributed by atoms with E-state index in [9.17, 15) is 0 Å². The standard InChI is InChI=1S/C10H21N.3C2H6/c1-8(2)10-5-3-9(7-11)4-6-10;3*1-2/h8-10H,3-7,11H2,1-2H3;3*1-2H3. The average molecular weight is 245 g/mol. The smallest absolute Gasteiger partial charge is 0.00489 e. The number of hydrogen-bond donors (Lipinski definition) is 1. The summed E-state index contributed by atoms with van der Waals surface area (Å²) in [5, 5.41) is 0. The zero-order chi connectivity index (χ0) is 14.3. The Morgan fingerprint density at radius 1 is 0.824 bits per heavy atom. The molecule has 0 unspecified atom stereocenters. The maximum absolute atomic E-state index is 5.62. The van der Waals surface area contributed by atoms with Crippen LogP contribution in [0.5, 0.6) is 0 Å². The second kappa shape index (κ2) is 18.3. The van der Waals surface area contributed by atoms with Crippen LogP contribution in [0.3, 0.4) is 0 Å². The molecule has 0 heterocycles. The molecule has 1 fully saturated rings. The van der Waals surface area contributed by atoms with Crippen LogP contribution in [0.4, 0.5) is 0 Å². The van der Waals surface area contributed by atoms with Gasteiger partial charge in [0.25, 0.3) is 0 Å². The molecule has 0 aromatic carbocycles. The normalized spacial score (nSPS) is 22.2. The van der Waals surface area contributed by atoms with Crippen molar-refractivity contribution in [1.29, 1.82) is 0 Å². The van der Waals surface area contributed by atoms with Crippen molar-refractivity contribution < 1.29 is 0 Å². The predicted molar refractivity (Wildman–Crippen MR) is 83.4 cm³/mol. The van der Waals surface area contributed by atoms with Gasteiger partial charge in [0, 0.05) is 0 Å². The Morgan fingerprint density at radius 2 is 1.18 bits per heavy atom. The summed E-state index contributed by atoms with van der Waals surface area (Å²) < 4.78 is 0. The van der Waals surface area contributed by atoms with Crippen LogP contribution in [-0.2, 0) is 0 Å². The molecule has 0 bridgehead atoms. The summed E-state index contributed by atoms with van der Waals surface area (Å²) >= 11 is 0. The molecule has 0 amide bonds. The van der Waals surface area contributed by atoms with Gasteiger partial charge in [-0.05, 0) is 50.0 Å². The fourth-order valence-corrected chi connectivity index (χ4v) is 2.09. The second-order valence-corrected chi connectivity index (χ2v) is 4.26. The van der Waals surface area contributed by atoms with Crippen LogP contribution < -0.4 is 5.73 Å². The largest absolute Gasteiger partial charge is 0.330 e. The van der Waals surface area contributed by atoms with Crippen LogP contribution in [0.15, 0.2) is 0 Å². The average Bonchev–Trinajstić information content (AvgIpc) is 2.45. The van der Waals surface area contributed by atoms with Gasteiger partial charge in [-0.25, -0.2) is 0 Å². The molecule has 1 saturated carbocycles. The van der Waals surface area contributed by atoms with Gasteiger partial charge in [-0.2, -0.15) is 0 Å². The Bertz CT molecular complexity index is 102. The van der Waals surface area contributed by atoms with Crippen molar-refractivity contribution in [1.82, 2.24) is 0 Å². The lowest BCUT2D eigenvalue weighted by Crippen LogP contribution is -2.23. The third kappa shape index (κ3) is 12.2. The molecule has 0 aromatic heterocycles. The van der Waals surface area contributed by atoms with Gasteiger partial charge in [-0.1, -0.05) is 55.4 Å². The van der Waals surface area contributed by atoms with Crippen molar-refractivity contribution >= 4 is 0 Å². The van der Waals surface area contributed by atoms with E-state index >= 15 is 0 Å². The lowest BCUT2D eigenvalue weighted by atomic mass is 9.77. The van der Waals surface area contributed by atoms with Gasteiger partial charge in [-0.15, -0.1) is 0 Å². The van der Waals surface area contributed by atoms with Crippen molar-refractivity contribution in [2.24, 2.45) is 23.5 Å². The molecule has 0 aromatic rings. The molecule has 1 aliphatic rings. The van der Waals surface area contributed by atoms with E-state index in [1.807, 2.05) is 41.5 Å². The van der Waals surface area contributed by atoms with E-state index in [2.05, 4.69) is 13.8 Å².